The first-order valence-electron chi connectivity index (χ1n) is 10.1. The molecule has 0 aromatic heterocycles. The summed E-state index contributed by atoms with van der Waals surface area (Å²) < 4.78 is 5.40. The summed E-state index contributed by atoms with van der Waals surface area (Å²) in [5, 5.41) is 9.77. The largest absolute Gasteiger partial charge is 0.478 e. The van der Waals surface area contributed by atoms with Gasteiger partial charge < -0.3 is 19.6 Å². The van der Waals surface area contributed by atoms with Gasteiger partial charge in [-0.3, -0.25) is 0 Å². The van der Waals surface area contributed by atoms with Crippen LogP contribution in [0.2, 0.25) is 0 Å². The third-order valence-corrected chi connectivity index (χ3v) is 6.53. The Kier molecular flexibility index (Phi) is 5.07. The first-order valence-corrected chi connectivity index (χ1v) is 10.1. The molecular formula is C21H30N2O3. The lowest BCUT2D eigenvalue weighted by Crippen LogP contribution is -2.37. The zero-order valence-electron chi connectivity index (χ0n) is 15.6. The second-order valence-electron chi connectivity index (χ2n) is 8.19. The summed E-state index contributed by atoms with van der Waals surface area (Å²) in [4.78, 5) is 16.4. The minimum Gasteiger partial charge on any atom is -0.478 e. The molecule has 5 nitrogen and oxygen atoms in total. The first kappa shape index (κ1) is 17.7. The van der Waals surface area contributed by atoms with Crippen molar-refractivity contribution < 1.29 is 14.6 Å². The van der Waals surface area contributed by atoms with Crippen molar-refractivity contribution in [3.63, 3.8) is 0 Å². The van der Waals surface area contributed by atoms with Gasteiger partial charge in [-0.2, -0.15) is 0 Å². The number of carboxylic acid groups (broad SMARTS) is 1. The van der Waals surface area contributed by atoms with Gasteiger partial charge in [-0.15, -0.1) is 0 Å². The summed E-state index contributed by atoms with van der Waals surface area (Å²) in [5.41, 5.74) is 2.78. The van der Waals surface area contributed by atoms with Crippen LogP contribution in [0, 0.1) is 5.41 Å². The van der Waals surface area contributed by atoms with E-state index in [4.69, 9.17) is 4.74 Å². The number of carboxylic acids is 1. The molecule has 26 heavy (non-hydrogen) atoms. The molecule has 4 rings (SSSR count). The fourth-order valence-electron chi connectivity index (χ4n) is 5.01. The molecule has 2 heterocycles. The Balaban J connectivity index is 1.55. The summed E-state index contributed by atoms with van der Waals surface area (Å²) in [5.74, 6) is -0.836. The van der Waals surface area contributed by atoms with Gasteiger partial charge in [0.1, 0.15) is 0 Å². The Bertz CT molecular complexity index is 647. The van der Waals surface area contributed by atoms with Gasteiger partial charge >= 0.3 is 5.97 Å². The number of carbonyl (C=O) groups is 1. The quantitative estimate of drug-likeness (QED) is 0.891. The van der Waals surface area contributed by atoms with Crippen LogP contribution in [0.1, 0.15) is 55.3 Å². The van der Waals surface area contributed by atoms with E-state index in [0.717, 1.165) is 37.6 Å². The number of hydrogen-bond acceptors (Lipinski definition) is 4. The standard InChI is InChI=1S/C21H30N2O3/c24-20(25)18-15-17(5-6-19(18)22-11-13-26-14-12-22)23-10-9-21(16-23)7-3-1-2-4-8-21/h5-6,15H,1-4,7-14,16H2,(H,24,25). The molecule has 1 aliphatic carbocycles. The molecule has 0 atom stereocenters. The van der Waals surface area contributed by atoms with Crippen molar-refractivity contribution in [1.82, 2.24) is 0 Å². The monoisotopic (exact) mass is 358 g/mol. The van der Waals surface area contributed by atoms with E-state index in [1.807, 2.05) is 12.1 Å². The average molecular weight is 358 g/mol. The molecular weight excluding hydrogens is 328 g/mol. The predicted octanol–water partition coefficient (Wildman–Crippen LogP) is 3.77. The van der Waals surface area contributed by atoms with Crippen LogP contribution in [0.4, 0.5) is 11.4 Å². The van der Waals surface area contributed by atoms with Crippen LogP contribution in [-0.4, -0.2) is 50.5 Å². The van der Waals surface area contributed by atoms with Crippen LogP contribution in [0.25, 0.3) is 0 Å². The molecule has 3 aliphatic rings. The average Bonchev–Trinajstić information content (AvgIpc) is 2.94. The maximum Gasteiger partial charge on any atom is 0.337 e. The molecule has 0 radical (unpaired) electrons. The van der Waals surface area contributed by atoms with Crippen LogP contribution in [-0.2, 0) is 4.74 Å². The third-order valence-electron chi connectivity index (χ3n) is 6.53. The Morgan fingerprint density at radius 1 is 0.962 bits per heavy atom. The molecule has 1 aromatic rings. The fourth-order valence-corrected chi connectivity index (χ4v) is 5.01. The topological polar surface area (TPSA) is 53.0 Å². The highest BCUT2D eigenvalue weighted by Crippen LogP contribution is 2.44. The molecule has 2 aliphatic heterocycles. The SMILES string of the molecule is O=C(O)c1cc(N2CCC3(CCCCCC3)C2)ccc1N1CCOCC1. The van der Waals surface area contributed by atoms with E-state index in [0.29, 0.717) is 24.2 Å². The van der Waals surface area contributed by atoms with E-state index in [9.17, 15) is 9.90 Å². The number of nitrogens with zero attached hydrogens (tertiary/aromatic N) is 2. The highest BCUT2D eigenvalue weighted by Gasteiger charge is 2.38. The van der Waals surface area contributed by atoms with Crippen LogP contribution in [0.5, 0.6) is 0 Å². The molecule has 0 bridgehead atoms. The molecule has 1 N–H and O–H groups in total. The summed E-state index contributed by atoms with van der Waals surface area (Å²) in [6, 6.07) is 6.01. The first-order chi connectivity index (χ1) is 12.7. The number of rotatable bonds is 3. The van der Waals surface area contributed by atoms with Crippen molar-refractivity contribution >= 4 is 17.3 Å². The van der Waals surface area contributed by atoms with Crippen molar-refractivity contribution in [2.24, 2.45) is 5.41 Å². The lowest BCUT2D eigenvalue weighted by molar-refractivity contribution is 0.0696. The summed E-state index contributed by atoms with van der Waals surface area (Å²) >= 11 is 0. The number of ether oxygens (including phenoxy) is 1. The lowest BCUT2D eigenvalue weighted by Gasteiger charge is -2.31. The molecule has 0 amide bonds. The number of aromatic carboxylic acids is 1. The molecule has 1 aromatic carbocycles. The molecule has 5 heteroatoms. The van der Waals surface area contributed by atoms with E-state index in [2.05, 4.69) is 15.9 Å². The maximum atomic E-state index is 11.9. The van der Waals surface area contributed by atoms with Gasteiger partial charge in [0.2, 0.25) is 0 Å². The summed E-state index contributed by atoms with van der Waals surface area (Å²) in [6.45, 7) is 4.97. The lowest BCUT2D eigenvalue weighted by atomic mass is 9.80. The van der Waals surface area contributed by atoms with Gasteiger partial charge in [-0.25, -0.2) is 4.79 Å². The third kappa shape index (κ3) is 3.54. The van der Waals surface area contributed by atoms with E-state index in [1.165, 1.54) is 44.9 Å². The number of benzene rings is 1. The normalized spacial score (nSPS) is 23.2. The summed E-state index contributed by atoms with van der Waals surface area (Å²) in [6.07, 6.45) is 9.37. The molecule has 1 saturated carbocycles. The molecule has 2 saturated heterocycles. The maximum absolute atomic E-state index is 11.9. The second-order valence-corrected chi connectivity index (χ2v) is 8.19. The predicted molar refractivity (Wildman–Crippen MR) is 103 cm³/mol. The Morgan fingerprint density at radius 2 is 1.69 bits per heavy atom. The van der Waals surface area contributed by atoms with Gasteiger partial charge in [0.15, 0.2) is 0 Å². The number of morpholine rings is 1. The van der Waals surface area contributed by atoms with E-state index in [1.54, 1.807) is 0 Å². The van der Waals surface area contributed by atoms with Crippen molar-refractivity contribution in [2.75, 3.05) is 49.2 Å². The van der Waals surface area contributed by atoms with Gasteiger partial charge in [0.05, 0.1) is 24.5 Å². The van der Waals surface area contributed by atoms with Crippen LogP contribution in [0.3, 0.4) is 0 Å². The molecule has 142 valence electrons. The number of hydrogen-bond donors (Lipinski definition) is 1. The zero-order valence-corrected chi connectivity index (χ0v) is 15.6. The molecule has 1 spiro atoms. The van der Waals surface area contributed by atoms with Crippen LogP contribution < -0.4 is 9.80 Å². The van der Waals surface area contributed by atoms with Crippen molar-refractivity contribution in [3.05, 3.63) is 23.8 Å². The van der Waals surface area contributed by atoms with E-state index >= 15 is 0 Å². The Labute approximate surface area is 155 Å². The highest BCUT2D eigenvalue weighted by atomic mass is 16.5. The van der Waals surface area contributed by atoms with Crippen molar-refractivity contribution in [1.29, 1.82) is 0 Å². The Morgan fingerprint density at radius 3 is 2.38 bits per heavy atom. The summed E-state index contributed by atoms with van der Waals surface area (Å²) in [7, 11) is 0. The van der Waals surface area contributed by atoms with Crippen LogP contribution in [0.15, 0.2) is 18.2 Å². The van der Waals surface area contributed by atoms with Crippen molar-refractivity contribution in [2.45, 2.75) is 44.9 Å². The molecule has 0 unspecified atom stereocenters. The van der Waals surface area contributed by atoms with E-state index < -0.39 is 5.97 Å². The van der Waals surface area contributed by atoms with Crippen molar-refractivity contribution in [3.8, 4) is 0 Å². The zero-order chi connectivity index (χ0) is 18.0. The highest BCUT2D eigenvalue weighted by molar-refractivity contribution is 5.96. The second kappa shape index (κ2) is 7.47. The van der Waals surface area contributed by atoms with Gasteiger partial charge in [-0.1, -0.05) is 25.7 Å². The number of anilines is 2. The minimum atomic E-state index is -0.836. The van der Waals surface area contributed by atoms with Gasteiger partial charge in [-0.05, 0) is 42.9 Å². The van der Waals surface area contributed by atoms with Gasteiger partial charge in [0.25, 0.3) is 0 Å². The van der Waals surface area contributed by atoms with Crippen LogP contribution >= 0.6 is 0 Å². The molecule has 3 fully saturated rings. The Hall–Kier alpha value is -1.75. The van der Waals surface area contributed by atoms with E-state index in [-0.39, 0.29) is 0 Å². The minimum absolute atomic E-state index is 0.422. The van der Waals surface area contributed by atoms with Gasteiger partial charge in [0, 0.05) is 31.9 Å². The fraction of sp³-hybridized carbons (Fsp3) is 0.667. The smallest absolute Gasteiger partial charge is 0.337 e.